The highest BCUT2D eigenvalue weighted by molar-refractivity contribution is 8.13. The van der Waals surface area contributed by atoms with Crippen LogP contribution in [0.2, 0.25) is 0 Å². The van der Waals surface area contributed by atoms with Crippen molar-refractivity contribution in [2.75, 3.05) is 5.75 Å². The Morgan fingerprint density at radius 3 is 2.45 bits per heavy atom. The molecule has 0 bridgehead atoms. The summed E-state index contributed by atoms with van der Waals surface area (Å²) in [5.41, 5.74) is 5.95. The van der Waals surface area contributed by atoms with Crippen molar-refractivity contribution in [1.29, 1.82) is 0 Å². The summed E-state index contributed by atoms with van der Waals surface area (Å²) in [6.07, 6.45) is 10.1. The van der Waals surface area contributed by atoms with Crippen LogP contribution in [0.1, 0.15) is 78.6 Å². The highest BCUT2D eigenvalue weighted by atomic mass is 32.2. The number of aliphatic carboxylic acids is 1. The zero-order valence-corrected chi connectivity index (χ0v) is 21.0. The zero-order chi connectivity index (χ0) is 24.0. The molecule has 4 aliphatic rings. The Balaban J connectivity index is 1.36. The van der Waals surface area contributed by atoms with Crippen LogP contribution in [0.5, 0.6) is 0 Å². The molecule has 4 N–H and O–H groups in total. The second-order valence-electron chi connectivity index (χ2n) is 11.5. The highest BCUT2D eigenvalue weighted by Gasteiger charge is 2.61. The van der Waals surface area contributed by atoms with Gasteiger partial charge in [0.25, 0.3) is 5.24 Å². The predicted molar refractivity (Wildman–Crippen MR) is 128 cm³/mol. The molecule has 0 aromatic heterocycles. The first-order chi connectivity index (χ1) is 15.5. The van der Waals surface area contributed by atoms with Crippen molar-refractivity contribution in [3.8, 4) is 0 Å². The van der Waals surface area contributed by atoms with E-state index in [1.165, 1.54) is 32.6 Å². The van der Waals surface area contributed by atoms with E-state index in [1.54, 1.807) is 0 Å². The van der Waals surface area contributed by atoms with Gasteiger partial charge in [-0.3, -0.25) is 14.4 Å². The molecule has 0 saturated heterocycles. The molecular weight excluding hydrogens is 440 g/mol. The largest absolute Gasteiger partial charge is 0.480 e. The van der Waals surface area contributed by atoms with Gasteiger partial charge in [0.15, 0.2) is 0 Å². The molecule has 0 heterocycles. The fourth-order valence-corrected chi connectivity index (χ4v) is 8.90. The average Bonchev–Trinajstić information content (AvgIpc) is 3.08. The summed E-state index contributed by atoms with van der Waals surface area (Å²) in [6.45, 7) is 6.39. The van der Waals surface area contributed by atoms with Crippen LogP contribution in [0.3, 0.4) is 0 Å². The van der Waals surface area contributed by atoms with Gasteiger partial charge in [-0.25, -0.2) is 0 Å². The third-order valence-corrected chi connectivity index (χ3v) is 10.8. The maximum atomic E-state index is 12.3. The van der Waals surface area contributed by atoms with Crippen LogP contribution in [-0.4, -0.2) is 46.2 Å². The molecule has 33 heavy (non-hydrogen) atoms. The summed E-state index contributed by atoms with van der Waals surface area (Å²) in [6, 6.07) is -0.854. The molecule has 4 aliphatic carbocycles. The van der Waals surface area contributed by atoms with Gasteiger partial charge in [0, 0.05) is 24.1 Å². The molecular formula is C25H40N2O5S. The Kier molecular flexibility index (Phi) is 7.08. The van der Waals surface area contributed by atoms with Crippen molar-refractivity contribution < 1.29 is 24.2 Å². The predicted octanol–water partition coefficient (Wildman–Crippen LogP) is 4.18. The second-order valence-corrected chi connectivity index (χ2v) is 12.5. The minimum atomic E-state index is -1.08. The van der Waals surface area contributed by atoms with Crippen LogP contribution in [0, 0.1) is 34.5 Å². The fourth-order valence-electron chi connectivity index (χ4n) is 8.18. The molecule has 4 saturated carbocycles. The Hall–Kier alpha value is -1.28. The molecule has 4 fully saturated rings. The first-order valence-corrected chi connectivity index (χ1v) is 13.6. The highest BCUT2D eigenvalue weighted by Crippen LogP contribution is 2.66. The number of carboxylic acids is 1. The van der Waals surface area contributed by atoms with E-state index in [0.717, 1.165) is 43.9 Å². The molecule has 0 aromatic carbocycles. The molecule has 0 spiro atoms. The van der Waals surface area contributed by atoms with Gasteiger partial charge in [0.05, 0.1) is 0 Å². The molecule has 8 heteroatoms. The molecule has 1 amide bonds. The van der Waals surface area contributed by atoms with Crippen molar-refractivity contribution in [1.82, 2.24) is 5.32 Å². The van der Waals surface area contributed by atoms with E-state index in [4.69, 9.17) is 15.6 Å². The van der Waals surface area contributed by atoms with Crippen molar-refractivity contribution in [3.05, 3.63) is 0 Å². The Morgan fingerprint density at radius 1 is 1.06 bits per heavy atom. The van der Waals surface area contributed by atoms with Crippen LogP contribution in [0.25, 0.3) is 0 Å². The Labute approximate surface area is 201 Å². The molecule has 0 aliphatic heterocycles. The van der Waals surface area contributed by atoms with Gasteiger partial charge >= 0.3 is 11.9 Å². The van der Waals surface area contributed by atoms with Crippen LogP contribution >= 0.6 is 11.8 Å². The van der Waals surface area contributed by atoms with Gasteiger partial charge in [-0.1, -0.05) is 25.6 Å². The number of amides is 1. The summed E-state index contributed by atoms with van der Waals surface area (Å²) in [4.78, 5) is 34.9. The normalized spacial score (nSPS) is 42.9. The Bertz CT molecular complexity index is 793. The van der Waals surface area contributed by atoms with E-state index in [0.29, 0.717) is 29.1 Å². The summed E-state index contributed by atoms with van der Waals surface area (Å²) in [5, 5.41) is 11.9. The van der Waals surface area contributed by atoms with E-state index in [9.17, 15) is 14.4 Å². The topological polar surface area (TPSA) is 119 Å². The van der Waals surface area contributed by atoms with Crippen LogP contribution < -0.4 is 11.1 Å². The van der Waals surface area contributed by atoms with Crippen LogP contribution in [0.4, 0.5) is 4.79 Å². The van der Waals surface area contributed by atoms with Gasteiger partial charge in [-0.15, -0.1) is 0 Å². The number of nitrogens with one attached hydrogen (secondary N) is 1. The summed E-state index contributed by atoms with van der Waals surface area (Å²) < 4.78 is 5.77. The average molecular weight is 481 g/mol. The van der Waals surface area contributed by atoms with E-state index in [2.05, 4.69) is 19.2 Å². The molecule has 4 rings (SSSR count). The number of thioether (sulfide) groups is 1. The van der Waals surface area contributed by atoms with E-state index in [-0.39, 0.29) is 34.5 Å². The number of hydrogen-bond donors (Lipinski definition) is 3. The van der Waals surface area contributed by atoms with Crippen molar-refractivity contribution in [3.63, 3.8) is 0 Å². The molecule has 0 unspecified atom stereocenters. The number of ether oxygens (including phenoxy) is 1. The number of fused-ring (bicyclic) bond motifs is 5. The molecule has 7 nitrogen and oxygen atoms in total. The number of esters is 1. The van der Waals surface area contributed by atoms with Crippen molar-refractivity contribution >= 4 is 28.9 Å². The standard InChI is InChI=1S/C25H40N2O5S/c1-14(28)32-21-7-6-18-17-5-4-15-12-16(27-23(31)33-13-20(26)22(29)30)8-10-24(15,2)19(17)9-11-25(18,21)3/h15-21H,4-13,26H2,1-3H3,(H,27,31)(H,29,30)/t15-,16+,17+,18+,19+,20+,21+,24+,25+/m1/s1. The van der Waals surface area contributed by atoms with Crippen molar-refractivity contribution in [2.45, 2.75) is 96.7 Å². The third-order valence-electron chi connectivity index (χ3n) is 9.92. The van der Waals surface area contributed by atoms with E-state index in [1.807, 2.05) is 0 Å². The summed E-state index contributed by atoms with van der Waals surface area (Å²) >= 11 is 0.976. The lowest BCUT2D eigenvalue weighted by molar-refractivity contribution is -0.161. The van der Waals surface area contributed by atoms with Gasteiger partial charge < -0.3 is 20.9 Å². The van der Waals surface area contributed by atoms with E-state index >= 15 is 0 Å². The molecule has 0 radical (unpaired) electrons. The third kappa shape index (κ3) is 4.66. The Morgan fingerprint density at radius 2 is 1.76 bits per heavy atom. The van der Waals surface area contributed by atoms with Gasteiger partial charge in [0.2, 0.25) is 0 Å². The van der Waals surface area contributed by atoms with Crippen molar-refractivity contribution in [2.24, 2.45) is 40.2 Å². The number of carboxylic acid groups (broad SMARTS) is 1. The maximum absolute atomic E-state index is 12.3. The summed E-state index contributed by atoms with van der Waals surface area (Å²) in [5.74, 6) is 1.54. The van der Waals surface area contributed by atoms with Gasteiger partial charge in [0.1, 0.15) is 12.1 Å². The smallest absolute Gasteiger partial charge is 0.321 e. The quantitative estimate of drug-likeness (QED) is 0.505. The monoisotopic (exact) mass is 480 g/mol. The number of carbonyl (C=O) groups is 3. The van der Waals surface area contributed by atoms with Crippen LogP contribution in [0.15, 0.2) is 0 Å². The minimum Gasteiger partial charge on any atom is -0.480 e. The lowest BCUT2D eigenvalue weighted by Gasteiger charge is -2.61. The summed E-state index contributed by atoms with van der Waals surface area (Å²) in [7, 11) is 0. The minimum absolute atomic E-state index is 0.0733. The first-order valence-electron chi connectivity index (χ1n) is 12.6. The first kappa shape index (κ1) is 24.8. The molecule has 186 valence electrons. The zero-order valence-electron chi connectivity index (χ0n) is 20.2. The molecule has 0 aromatic rings. The number of carbonyl (C=O) groups excluding carboxylic acids is 2. The van der Waals surface area contributed by atoms with Crippen LogP contribution in [-0.2, 0) is 14.3 Å². The lowest BCUT2D eigenvalue weighted by Crippen LogP contribution is -2.55. The fraction of sp³-hybridized carbons (Fsp3) is 0.880. The SMILES string of the molecule is CC(=O)O[C@H]1CC[C@H]2[C@@H]3CC[C@@H]4C[C@@H](NC(=O)SC[C@H](N)C(=O)O)CC[C@]4(C)[C@H]3CC[C@]12C. The lowest BCUT2D eigenvalue weighted by atomic mass is 9.45. The maximum Gasteiger partial charge on any atom is 0.321 e. The van der Waals surface area contributed by atoms with Gasteiger partial charge in [-0.2, -0.15) is 0 Å². The van der Waals surface area contributed by atoms with E-state index < -0.39 is 12.0 Å². The number of hydrogen-bond acceptors (Lipinski definition) is 6. The number of nitrogens with two attached hydrogens (primary N) is 1. The molecule has 9 atom stereocenters. The van der Waals surface area contributed by atoms with Gasteiger partial charge in [-0.05, 0) is 86.9 Å². The number of rotatable bonds is 5. The second kappa shape index (κ2) is 9.40.